The van der Waals surface area contributed by atoms with Crippen molar-refractivity contribution in [2.75, 3.05) is 7.05 Å². The summed E-state index contributed by atoms with van der Waals surface area (Å²) in [6.45, 7) is 11.4. The fourth-order valence-electron chi connectivity index (χ4n) is 1.75. The Morgan fingerprint density at radius 2 is 2.00 bits per heavy atom. The van der Waals surface area contributed by atoms with Crippen LogP contribution in [-0.4, -0.2) is 23.0 Å². The molecule has 0 fully saturated rings. The molecule has 0 aliphatic rings. The van der Waals surface area contributed by atoms with Gasteiger partial charge in [0.1, 0.15) is 6.07 Å². The second kappa shape index (κ2) is 5.49. The molecule has 0 unspecified atom stereocenters. The van der Waals surface area contributed by atoms with E-state index in [-0.39, 0.29) is 5.41 Å². The first-order valence-electron chi connectivity index (χ1n) is 6.35. The Morgan fingerprint density at radius 1 is 1.39 bits per heavy atom. The lowest BCUT2D eigenvalue weighted by atomic mass is 9.88. The molecule has 0 aliphatic heterocycles. The molecule has 1 aromatic rings. The third-order valence-electron chi connectivity index (χ3n) is 3.09. The van der Waals surface area contributed by atoms with E-state index in [1.165, 1.54) is 0 Å². The number of hydrogen-bond donors (Lipinski definition) is 0. The van der Waals surface area contributed by atoms with E-state index in [4.69, 9.17) is 0 Å². The molecule has 0 atom stereocenters. The quantitative estimate of drug-likeness (QED) is 0.821. The molecule has 0 aliphatic carbocycles. The minimum atomic E-state index is -0.0897. The summed E-state index contributed by atoms with van der Waals surface area (Å²) in [5.41, 5.74) is 2.57. The van der Waals surface area contributed by atoms with Crippen molar-refractivity contribution in [3.63, 3.8) is 0 Å². The van der Waals surface area contributed by atoms with Crippen molar-refractivity contribution in [1.29, 1.82) is 5.26 Å². The Balaban J connectivity index is 3.04. The Morgan fingerprint density at radius 3 is 2.44 bits per heavy atom. The molecular formula is C15H23N3. The highest BCUT2D eigenvalue weighted by Gasteiger charge is 2.20. The van der Waals surface area contributed by atoms with Crippen molar-refractivity contribution in [1.82, 2.24) is 9.88 Å². The van der Waals surface area contributed by atoms with Gasteiger partial charge in [-0.2, -0.15) is 5.26 Å². The number of hydrogen-bond acceptors (Lipinski definition) is 3. The largest absolute Gasteiger partial charge is 0.300 e. The van der Waals surface area contributed by atoms with Crippen LogP contribution in [0.2, 0.25) is 0 Å². The van der Waals surface area contributed by atoms with Crippen molar-refractivity contribution in [2.45, 2.75) is 52.6 Å². The summed E-state index contributed by atoms with van der Waals surface area (Å²) in [5.74, 6) is 0. The maximum absolute atomic E-state index is 9.25. The molecule has 0 saturated carbocycles. The van der Waals surface area contributed by atoms with Gasteiger partial charge in [0.05, 0.1) is 11.3 Å². The molecule has 0 aromatic carbocycles. The lowest BCUT2D eigenvalue weighted by Crippen LogP contribution is -2.26. The van der Waals surface area contributed by atoms with Gasteiger partial charge in [-0.3, -0.25) is 9.88 Å². The van der Waals surface area contributed by atoms with Crippen LogP contribution in [0, 0.1) is 11.3 Å². The molecule has 0 radical (unpaired) electrons. The third-order valence-corrected chi connectivity index (χ3v) is 3.09. The Kier molecular flexibility index (Phi) is 4.48. The zero-order valence-corrected chi connectivity index (χ0v) is 12.3. The summed E-state index contributed by atoms with van der Waals surface area (Å²) >= 11 is 0. The zero-order valence-electron chi connectivity index (χ0n) is 12.3. The van der Waals surface area contributed by atoms with E-state index in [0.29, 0.717) is 11.6 Å². The molecule has 0 saturated heterocycles. The molecule has 0 bridgehead atoms. The topological polar surface area (TPSA) is 39.9 Å². The van der Waals surface area contributed by atoms with E-state index < -0.39 is 0 Å². The lowest BCUT2D eigenvalue weighted by molar-refractivity contribution is 0.265. The van der Waals surface area contributed by atoms with E-state index >= 15 is 0 Å². The van der Waals surface area contributed by atoms with Crippen LogP contribution in [0.5, 0.6) is 0 Å². The monoisotopic (exact) mass is 245 g/mol. The molecule has 3 heteroatoms. The smallest absolute Gasteiger partial charge is 0.101 e. The number of pyridine rings is 1. The maximum Gasteiger partial charge on any atom is 0.101 e. The van der Waals surface area contributed by atoms with Crippen LogP contribution in [-0.2, 0) is 12.0 Å². The molecule has 0 N–H and O–H groups in total. The molecule has 1 rings (SSSR count). The van der Waals surface area contributed by atoms with Crippen molar-refractivity contribution in [3.05, 3.63) is 29.1 Å². The van der Waals surface area contributed by atoms with E-state index in [0.717, 1.165) is 17.8 Å². The summed E-state index contributed by atoms with van der Waals surface area (Å²) < 4.78 is 0. The second-order valence-corrected chi connectivity index (χ2v) is 6.11. The molecule has 0 spiro atoms. The Hall–Kier alpha value is -1.40. The van der Waals surface area contributed by atoms with E-state index in [2.05, 4.69) is 57.6 Å². The van der Waals surface area contributed by atoms with Crippen molar-refractivity contribution >= 4 is 0 Å². The van der Waals surface area contributed by atoms with Crippen LogP contribution in [0.1, 0.15) is 51.4 Å². The van der Waals surface area contributed by atoms with Gasteiger partial charge in [0.15, 0.2) is 0 Å². The van der Waals surface area contributed by atoms with Gasteiger partial charge < -0.3 is 0 Å². The first-order valence-corrected chi connectivity index (χ1v) is 6.35. The van der Waals surface area contributed by atoms with E-state index in [9.17, 15) is 5.26 Å². The highest BCUT2D eigenvalue weighted by atomic mass is 15.1. The average Bonchev–Trinajstić information content (AvgIpc) is 2.27. The zero-order chi connectivity index (χ0) is 13.9. The number of nitrogens with zero attached hydrogens (tertiary/aromatic N) is 3. The molecule has 98 valence electrons. The predicted molar refractivity (Wildman–Crippen MR) is 74.3 cm³/mol. The summed E-state index contributed by atoms with van der Waals surface area (Å²) in [5, 5.41) is 9.25. The fraction of sp³-hybridized carbons (Fsp3) is 0.600. The maximum atomic E-state index is 9.25. The summed E-state index contributed by atoms with van der Waals surface area (Å²) in [6.07, 6.45) is 1.89. The van der Waals surface area contributed by atoms with Crippen LogP contribution in [0.3, 0.4) is 0 Å². The van der Waals surface area contributed by atoms with Crippen LogP contribution in [0.15, 0.2) is 12.3 Å². The van der Waals surface area contributed by atoms with Crippen molar-refractivity contribution < 1.29 is 0 Å². The van der Waals surface area contributed by atoms with Gasteiger partial charge in [0.25, 0.3) is 0 Å². The summed E-state index contributed by atoms with van der Waals surface area (Å²) in [7, 11) is 2.08. The van der Waals surface area contributed by atoms with Gasteiger partial charge in [-0.05, 0) is 32.5 Å². The third kappa shape index (κ3) is 3.54. The Bertz CT molecular complexity index is 450. The molecule has 0 amide bonds. The standard InChI is InChI=1S/C15H23N3/c1-11(2)18(6)10-12-7-13(8-16)14(17-9-12)15(3,4)5/h7,9,11H,10H2,1-6H3. The molecule has 1 aromatic heterocycles. The van der Waals surface area contributed by atoms with Crippen molar-refractivity contribution in [2.24, 2.45) is 0 Å². The highest BCUT2D eigenvalue weighted by molar-refractivity contribution is 5.39. The predicted octanol–water partition coefficient (Wildman–Crippen LogP) is 3.09. The van der Waals surface area contributed by atoms with Gasteiger partial charge in [-0.25, -0.2) is 0 Å². The number of nitriles is 1. The van der Waals surface area contributed by atoms with Crippen LogP contribution >= 0.6 is 0 Å². The van der Waals surface area contributed by atoms with Gasteiger partial charge in [-0.1, -0.05) is 20.8 Å². The number of aromatic nitrogens is 1. The molecule has 1 heterocycles. The van der Waals surface area contributed by atoms with Crippen LogP contribution in [0.4, 0.5) is 0 Å². The highest BCUT2D eigenvalue weighted by Crippen LogP contribution is 2.24. The van der Waals surface area contributed by atoms with E-state index in [1.54, 1.807) is 0 Å². The number of rotatable bonds is 3. The summed E-state index contributed by atoms with van der Waals surface area (Å²) in [6, 6.07) is 4.71. The lowest BCUT2D eigenvalue weighted by Gasteiger charge is -2.23. The van der Waals surface area contributed by atoms with Crippen LogP contribution in [0.25, 0.3) is 0 Å². The van der Waals surface area contributed by atoms with Gasteiger partial charge >= 0.3 is 0 Å². The summed E-state index contributed by atoms with van der Waals surface area (Å²) in [4.78, 5) is 6.72. The first kappa shape index (κ1) is 14.7. The van der Waals surface area contributed by atoms with Crippen molar-refractivity contribution in [3.8, 4) is 6.07 Å². The Labute approximate surface area is 110 Å². The van der Waals surface area contributed by atoms with Crippen LogP contribution < -0.4 is 0 Å². The fourth-order valence-corrected chi connectivity index (χ4v) is 1.75. The normalized spacial score (nSPS) is 11.9. The SMILES string of the molecule is CC(C)N(C)Cc1cnc(C(C)(C)C)c(C#N)c1. The minimum absolute atomic E-state index is 0.0897. The van der Waals surface area contributed by atoms with Gasteiger partial charge in [0, 0.05) is 24.2 Å². The minimum Gasteiger partial charge on any atom is -0.300 e. The second-order valence-electron chi connectivity index (χ2n) is 6.11. The molecular weight excluding hydrogens is 222 g/mol. The van der Waals surface area contributed by atoms with Gasteiger partial charge in [0.2, 0.25) is 0 Å². The average molecular weight is 245 g/mol. The van der Waals surface area contributed by atoms with Gasteiger partial charge in [-0.15, -0.1) is 0 Å². The first-order chi connectivity index (χ1) is 8.25. The van der Waals surface area contributed by atoms with E-state index in [1.807, 2.05) is 12.3 Å². The molecule has 3 nitrogen and oxygen atoms in total. The molecule has 18 heavy (non-hydrogen) atoms.